The minimum absolute atomic E-state index is 0.129. The van der Waals surface area contributed by atoms with Gasteiger partial charge in [-0.05, 0) is 11.6 Å². The molecule has 1 aromatic carbocycles. The second kappa shape index (κ2) is 5.81. The first-order valence-electron chi connectivity index (χ1n) is 7.54. The van der Waals surface area contributed by atoms with Gasteiger partial charge in [-0.25, -0.2) is 0 Å². The highest BCUT2D eigenvalue weighted by Crippen LogP contribution is 2.35. The van der Waals surface area contributed by atoms with Crippen LogP contribution in [0, 0.1) is 0 Å². The molecule has 6 nitrogen and oxygen atoms in total. The van der Waals surface area contributed by atoms with E-state index in [9.17, 15) is 5.11 Å². The maximum Gasteiger partial charge on any atom is 0.183 e. The summed E-state index contributed by atoms with van der Waals surface area (Å²) in [6, 6.07) is 11.4. The number of benzene rings is 1. The van der Waals surface area contributed by atoms with Crippen LogP contribution in [-0.4, -0.2) is 46.0 Å². The van der Waals surface area contributed by atoms with E-state index in [1.54, 1.807) is 10.9 Å². The fraction of sp³-hybridized carbons (Fsp3) is 0.438. The molecule has 2 fully saturated rings. The van der Waals surface area contributed by atoms with Crippen molar-refractivity contribution in [1.82, 2.24) is 15.1 Å². The third-order valence-electron chi connectivity index (χ3n) is 4.35. The normalized spacial score (nSPS) is 34.0. The molecular formula is C16H19N3O3. The van der Waals surface area contributed by atoms with Crippen molar-refractivity contribution in [1.29, 1.82) is 0 Å². The van der Waals surface area contributed by atoms with E-state index in [1.165, 1.54) is 5.56 Å². The number of aliphatic hydroxyl groups excluding tert-OH is 1. The lowest BCUT2D eigenvalue weighted by Crippen LogP contribution is -2.57. The lowest BCUT2D eigenvalue weighted by Gasteiger charge is -2.38. The standard InChI is InChI=1S/C16H19N3O3/c20-15-13(17-9-11-5-2-1-3-6-11)12-10-21-16(22-12)14(15)19-8-4-7-18-19/h1-8,12-17,20H,9-10H2/t12-,13-,14-,15+,16-/m1/s1. The molecule has 1 aromatic heterocycles. The molecule has 0 aliphatic carbocycles. The molecule has 0 amide bonds. The Kier molecular flexibility index (Phi) is 3.67. The van der Waals surface area contributed by atoms with Crippen molar-refractivity contribution in [3.63, 3.8) is 0 Å². The van der Waals surface area contributed by atoms with Crippen molar-refractivity contribution in [2.24, 2.45) is 0 Å². The number of hydrogen-bond donors (Lipinski definition) is 2. The minimum Gasteiger partial charge on any atom is -0.389 e. The molecule has 0 radical (unpaired) electrons. The van der Waals surface area contributed by atoms with Gasteiger partial charge < -0.3 is 19.9 Å². The summed E-state index contributed by atoms with van der Waals surface area (Å²) < 4.78 is 13.3. The summed E-state index contributed by atoms with van der Waals surface area (Å²) in [4.78, 5) is 0. The Bertz CT molecular complexity index is 604. The van der Waals surface area contributed by atoms with Crippen LogP contribution < -0.4 is 5.32 Å². The lowest BCUT2D eigenvalue weighted by molar-refractivity contribution is -0.168. The Morgan fingerprint density at radius 2 is 2.14 bits per heavy atom. The van der Waals surface area contributed by atoms with E-state index >= 15 is 0 Å². The summed E-state index contributed by atoms with van der Waals surface area (Å²) in [5.41, 5.74) is 1.17. The summed E-state index contributed by atoms with van der Waals surface area (Å²) in [5.74, 6) is 0. The summed E-state index contributed by atoms with van der Waals surface area (Å²) in [6.07, 6.45) is 2.34. The Morgan fingerprint density at radius 1 is 1.27 bits per heavy atom. The zero-order valence-corrected chi connectivity index (χ0v) is 12.1. The Hall–Kier alpha value is -1.73. The minimum atomic E-state index is -0.616. The van der Waals surface area contributed by atoms with E-state index in [0.29, 0.717) is 13.2 Å². The van der Waals surface area contributed by atoms with Crippen molar-refractivity contribution in [2.75, 3.05) is 6.61 Å². The van der Waals surface area contributed by atoms with E-state index in [2.05, 4.69) is 22.5 Å². The second-order valence-electron chi connectivity index (χ2n) is 5.74. The summed E-state index contributed by atoms with van der Waals surface area (Å²) in [7, 11) is 0. The highest BCUT2D eigenvalue weighted by atomic mass is 16.7. The van der Waals surface area contributed by atoms with Gasteiger partial charge in [0.15, 0.2) is 6.29 Å². The molecule has 116 valence electrons. The van der Waals surface area contributed by atoms with Gasteiger partial charge >= 0.3 is 0 Å². The van der Waals surface area contributed by atoms with Gasteiger partial charge in [0.05, 0.1) is 18.8 Å². The number of nitrogens with zero attached hydrogens (tertiary/aromatic N) is 2. The van der Waals surface area contributed by atoms with Gasteiger partial charge in [-0.3, -0.25) is 4.68 Å². The number of fused-ring (bicyclic) bond motifs is 2. The van der Waals surface area contributed by atoms with Crippen LogP contribution in [0.4, 0.5) is 0 Å². The van der Waals surface area contributed by atoms with Crippen molar-refractivity contribution in [3.05, 3.63) is 54.4 Å². The molecule has 2 aliphatic heterocycles. The summed E-state index contributed by atoms with van der Waals surface area (Å²) in [5, 5.41) is 18.4. The third kappa shape index (κ3) is 2.44. The quantitative estimate of drug-likeness (QED) is 0.870. The van der Waals surface area contributed by atoms with E-state index < -0.39 is 12.4 Å². The van der Waals surface area contributed by atoms with Crippen molar-refractivity contribution >= 4 is 0 Å². The number of rotatable bonds is 4. The first kappa shape index (κ1) is 13.9. The van der Waals surface area contributed by atoms with E-state index in [-0.39, 0.29) is 18.2 Å². The van der Waals surface area contributed by atoms with E-state index in [1.807, 2.05) is 30.5 Å². The molecule has 0 unspecified atom stereocenters. The average Bonchev–Trinajstić information content (AvgIpc) is 3.20. The van der Waals surface area contributed by atoms with Gasteiger partial charge in [0.1, 0.15) is 12.1 Å². The number of aromatic nitrogens is 2. The Morgan fingerprint density at radius 3 is 2.91 bits per heavy atom. The molecule has 2 saturated heterocycles. The predicted octanol–water partition coefficient (Wildman–Crippen LogP) is 0.699. The largest absolute Gasteiger partial charge is 0.389 e. The number of ether oxygens (including phenoxy) is 2. The zero-order valence-electron chi connectivity index (χ0n) is 12.1. The number of aliphatic hydroxyl groups is 1. The molecule has 0 spiro atoms. The predicted molar refractivity (Wildman–Crippen MR) is 79.0 cm³/mol. The van der Waals surface area contributed by atoms with Gasteiger partial charge in [-0.1, -0.05) is 30.3 Å². The molecule has 2 aromatic rings. The Labute approximate surface area is 128 Å². The molecule has 22 heavy (non-hydrogen) atoms. The van der Waals surface area contributed by atoms with Crippen LogP contribution in [0.15, 0.2) is 48.8 Å². The first-order valence-corrected chi connectivity index (χ1v) is 7.54. The van der Waals surface area contributed by atoms with Crippen LogP contribution >= 0.6 is 0 Å². The van der Waals surface area contributed by atoms with Gasteiger partial charge in [0.2, 0.25) is 0 Å². The van der Waals surface area contributed by atoms with Crippen molar-refractivity contribution in [3.8, 4) is 0 Å². The monoisotopic (exact) mass is 301 g/mol. The Balaban J connectivity index is 1.51. The van der Waals surface area contributed by atoms with Gasteiger partial charge in [0.25, 0.3) is 0 Å². The van der Waals surface area contributed by atoms with Gasteiger partial charge in [-0.15, -0.1) is 0 Å². The smallest absolute Gasteiger partial charge is 0.183 e. The molecule has 2 N–H and O–H groups in total. The van der Waals surface area contributed by atoms with Crippen LogP contribution in [0.3, 0.4) is 0 Å². The van der Waals surface area contributed by atoms with Crippen LogP contribution in [0.2, 0.25) is 0 Å². The third-order valence-corrected chi connectivity index (χ3v) is 4.35. The van der Waals surface area contributed by atoms with Crippen LogP contribution in [-0.2, 0) is 16.0 Å². The maximum absolute atomic E-state index is 10.8. The van der Waals surface area contributed by atoms with Crippen LogP contribution in [0.5, 0.6) is 0 Å². The van der Waals surface area contributed by atoms with E-state index in [4.69, 9.17) is 9.47 Å². The molecule has 2 bridgehead atoms. The molecule has 6 heteroatoms. The lowest BCUT2D eigenvalue weighted by atomic mass is 9.96. The molecule has 5 atom stereocenters. The topological polar surface area (TPSA) is 68.5 Å². The highest BCUT2D eigenvalue weighted by molar-refractivity contribution is 5.15. The van der Waals surface area contributed by atoms with Crippen molar-refractivity contribution < 1.29 is 14.6 Å². The summed E-state index contributed by atoms with van der Waals surface area (Å²) in [6.45, 7) is 1.17. The van der Waals surface area contributed by atoms with Crippen molar-refractivity contribution in [2.45, 2.75) is 37.1 Å². The molecule has 0 saturated carbocycles. The number of nitrogens with one attached hydrogen (secondary N) is 1. The number of hydrogen-bond acceptors (Lipinski definition) is 5. The van der Waals surface area contributed by atoms with E-state index in [0.717, 1.165) is 0 Å². The molecule has 4 rings (SSSR count). The van der Waals surface area contributed by atoms with Crippen LogP contribution in [0.1, 0.15) is 11.6 Å². The SMILES string of the molecule is O[C@H]1[C@H](NCc2ccccc2)[C@H]2CO[C@H](O2)[C@@H]1n1cccn1. The average molecular weight is 301 g/mol. The van der Waals surface area contributed by atoms with Crippen LogP contribution in [0.25, 0.3) is 0 Å². The fourth-order valence-electron chi connectivity index (χ4n) is 3.22. The molecule has 3 heterocycles. The molecular weight excluding hydrogens is 282 g/mol. The van der Waals surface area contributed by atoms with Gasteiger partial charge in [-0.2, -0.15) is 5.10 Å². The zero-order chi connectivity index (χ0) is 14.9. The molecule has 2 aliphatic rings. The second-order valence-corrected chi connectivity index (χ2v) is 5.74. The first-order chi connectivity index (χ1) is 10.8. The van der Waals surface area contributed by atoms with Gasteiger partial charge in [0, 0.05) is 18.9 Å². The summed E-state index contributed by atoms with van der Waals surface area (Å²) >= 11 is 0. The maximum atomic E-state index is 10.8. The highest BCUT2D eigenvalue weighted by Gasteiger charge is 2.50. The fourth-order valence-corrected chi connectivity index (χ4v) is 3.22.